The van der Waals surface area contributed by atoms with Crippen LogP contribution >= 0.6 is 0 Å². The molecular formula is C12H19NO5S. The summed E-state index contributed by atoms with van der Waals surface area (Å²) in [4.78, 5) is 0.140. The lowest BCUT2D eigenvalue weighted by atomic mass is 10.4. The van der Waals surface area contributed by atoms with Crippen molar-refractivity contribution >= 4 is 10.1 Å². The maximum Gasteiger partial charge on any atom is 0.297 e. The zero-order valence-corrected chi connectivity index (χ0v) is 11.5. The molecule has 108 valence electrons. The molecule has 0 aromatic heterocycles. The molecule has 0 bridgehead atoms. The first-order valence-corrected chi connectivity index (χ1v) is 7.37. The SMILES string of the molecule is NCCOCCOCCOS(=O)(=O)c1ccccc1. The molecule has 0 amide bonds. The molecule has 0 unspecified atom stereocenters. The zero-order valence-electron chi connectivity index (χ0n) is 10.7. The molecule has 1 aromatic rings. The lowest BCUT2D eigenvalue weighted by molar-refractivity contribution is 0.0396. The molecule has 7 heteroatoms. The molecule has 0 aliphatic heterocycles. The number of benzene rings is 1. The van der Waals surface area contributed by atoms with Gasteiger partial charge in [0.1, 0.15) is 0 Å². The first-order valence-electron chi connectivity index (χ1n) is 5.97. The van der Waals surface area contributed by atoms with Gasteiger partial charge in [-0.3, -0.25) is 4.18 Å². The summed E-state index contributed by atoms with van der Waals surface area (Å²) >= 11 is 0. The number of hydrogen-bond donors (Lipinski definition) is 1. The number of nitrogens with two attached hydrogens (primary N) is 1. The van der Waals surface area contributed by atoms with E-state index in [1.165, 1.54) is 12.1 Å². The standard InChI is InChI=1S/C12H19NO5S/c13-6-7-16-8-9-17-10-11-18-19(14,15)12-4-2-1-3-5-12/h1-5H,6-11,13H2. The van der Waals surface area contributed by atoms with Crippen molar-refractivity contribution in [2.24, 2.45) is 5.73 Å². The average Bonchev–Trinajstić information content (AvgIpc) is 2.43. The van der Waals surface area contributed by atoms with Gasteiger partial charge in [0.05, 0.1) is 37.9 Å². The van der Waals surface area contributed by atoms with Gasteiger partial charge in [-0.25, -0.2) is 0 Å². The van der Waals surface area contributed by atoms with Gasteiger partial charge in [0.2, 0.25) is 0 Å². The second kappa shape index (κ2) is 9.00. The molecule has 0 spiro atoms. The summed E-state index contributed by atoms with van der Waals surface area (Å²) in [6, 6.07) is 7.99. The molecule has 1 aromatic carbocycles. The molecule has 0 saturated heterocycles. The Hall–Kier alpha value is -0.990. The predicted molar refractivity (Wildman–Crippen MR) is 70.3 cm³/mol. The first kappa shape index (κ1) is 16.1. The minimum atomic E-state index is -3.69. The van der Waals surface area contributed by atoms with Crippen molar-refractivity contribution in [2.75, 3.05) is 39.6 Å². The molecular weight excluding hydrogens is 270 g/mol. The van der Waals surface area contributed by atoms with E-state index in [1.54, 1.807) is 18.2 Å². The fourth-order valence-electron chi connectivity index (χ4n) is 1.26. The summed E-state index contributed by atoms with van der Waals surface area (Å²) < 4.78 is 38.5. The van der Waals surface area contributed by atoms with Crippen molar-refractivity contribution in [1.82, 2.24) is 0 Å². The molecule has 0 aliphatic carbocycles. The second-order valence-corrected chi connectivity index (χ2v) is 5.22. The van der Waals surface area contributed by atoms with Crippen LogP contribution < -0.4 is 5.73 Å². The van der Waals surface area contributed by atoms with Crippen LogP contribution in [0.1, 0.15) is 0 Å². The fraction of sp³-hybridized carbons (Fsp3) is 0.500. The van der Waals surface area contributed by atoms with Crippen LogP contribution in [-0.2, 0) is 23.8 Å². The average molecular weight is 289 g/mol. The highest BCUT2D eigenvalue weighted by Crippen LogP contribution is 2.10. The Morgan fingerprint density at radius 3 is 2.11 bits per heavy atom. The highest BCUT2D eigenvalue weighted by atomic mass is 32.2. The first-order chi connectivity index (χ1) is 9.17. The molecule has 0 fully saturated rings. The Balaban J connectivity index is 2.15. The van der Waals surface area contributed by atoms with Crippen LogP contribution in [0, 0.1) is 0 Å². The maximum atomic E-state index is 11.7. The van der Waals surface area contributed by atoms with E-state index in [-0.39, 0.29) is 18.1 Å². The quantitative estimate of drug-likeness (QED) is 0.495. The molecule has 1 rings (SSSR count). The van der Waals surface area contributed by atoms with E-state index >= 15 is 0 Å². The van der Waals surface area contributed by atoms with Gasteiger partial charge in [-0.15, -0.1) is 0 Å². The van der Waals surface area contributed by atoms with Crippen molar-refractivity contribution in [2.45, 2.75) is 4.90 Å². The number of hydrogen-bond acceptors (Lipinski definition) is 6. The van der Waals surface area contributed by atoms with Gasteiger partial charge in [-0.1, -0.05) is 18.2 Å². The molecule has 2 N–H and O–H groups in total. The molecule has 0 heterocycles. The van der Waals surface area contributed by atoms with Crippen molar-refractivity contribution in [3.8, 4) is 0 Å². The largest absolute Gasteiger partial charge is 0.378 e. The third kappa shape index (κ3) is 6.65. The van der Waals surface area contributed by atoms with Crippen LogP contribution in [-0.4, -0.2) is 48.0 Å². The van der Waals surface area contributed by atoms with E-state index in [4.69, 9.17) is 19.4 Å². The van der Waals surface area contributed by atoms with E-state index in [0.717, 1.165) is 0 Å². The minimum Gasteiger partial charge on any atom is -0.378 e. The molecule has 19 heavy (non-hydrogen) atoms. The highest BCUT2D eigenvalue weighted by molar-refractivity contribution is 7.86. The van der Waals surface area contributed by atoms with Crippen molar-refractivity contribution in [3.05, 3.63) is 30.3 Å². The van der Waals surface area contributed by atoms with Gasteiger partial charge in [-0.2, -0.15) is 8.42 Å². The summed E-state index contributed by atoms with van der Waals surface area (Å²) in [6.45, 7) is 1.95. The zero-order chi connectivity index (χ0) is 14.0. The van der Waals surface area contributed by atoms with Gasteiger partial charge in [0, 0.05) is 6.54 Å². The third-order valence-electron chi connectivity index (χ3n) is 2.13. The molecule has 0 saturated carbocycles. The summed E-state index contributed by atoms with van der Waals surface area (Å²) in [5, 5.41) is 0. The third-order valence-corrected chi connectivity index (χ3v) is 3.46. The van der Waals surface area contributed by atoms with E-state index in [2.05, 4.69) is 0 Å². The Morgan fingerprint density at radius 2 is 1.47 bits per heavy atom. The normalized spacial score (nSPS) is 11.6. The van der Waals surface area contributed by atoms with Crippen molar-refractivity contribution < 1.29 is 22.1 Å². The topological polar surface area (TPSA) is 87.8 Å². The summed E-state index contributed by atoms with van der Waals surface area (Å²) in [5.74, 6) is 0. The Morgan fingerprint density at radius 1 is 0.895 bits per heavy atom. The summed E-state index contributed by atoms with van der Waals surface area (Å²) in [5.41, 5.74) is 5.24. The second-order valence-electron chi connectivity index (χ2n) is 3.60. The smallest absolute Gasteiger partial charge is 0.297 e. The number of ether oxygens (including phenoxy) is 2. The Bertz CT molecular complexity index is 435. The molecule has 6 nitrogen and oxygen atoms in total. The van der Waals surface area contributed by atoms with Gasteiger partial charge >= 0.3 is 0 Å². The van der Waals surface area contributed by atoms with Crippen LogP contribution in [0.4, 0.5) is 0 Å². The summed E-state index contributed by atoms with van der Waals surface area (Å²) in [7, 11) is -3.69. The maximum absolute atomic E-state index is 11.7. The van der Waals surface area contributed by atoms with Gasteiger partial charge in [-0.05, 0) is 12.1 Å². The van der Waals surface area contributed by atoms with Gasteiger partial charge < -0.3 is 15.2 Å². The lowest BCUT2D eigenvalue weighted by Crippen LogP contribution is -2.15. The van der Waals surface area contributed by atoms with E-state index in [1.807, 2.05) is 0 Å². The monoisotopic (exact) mass is 289 g/mol. The van der Waals surface area contributed by atoms with Crippen LogP contribution in [0.3, 0.4) is 0 Å². The Kier molecular flexibility index (Phi) is 7.61. The fourth-order valence-corrected chi connectivity index (χ4v) is 2.18. The van der Waals surface area contributed by atoms with Crippen molar-refractivity contribution in [3.63, 3.8) is 0 Å². The van der Waals surface area contributed by atoms with E-state index in [9.17, 15) is 8.42 Å². The Labute approximate surface area is 113 Å². The lowest BCUT2D eigenvalue weighted by Gasteiger charge is -2.06. The van der Waals surface area contributed by atoms with Crippen LogP contribution in [0.15, 0.2) is 35.2 Å². The van der Waals surface area contributed by atoms with Crippen LogP contribution in [0.25, 0.3) is 0 Å². The van der Waals surface area contributed by atoms with Crippen molar-refractivity contribution in [1.29, 1.82) is 0 Å². The molecule has 0 atom stereocenters. The summed E-state index contributed by atoms with van der Waals surface area (Å²) in [6.07, 6.45) is 0. The highest BCUT2D eigenvalue weighted by Gasteiger charge is 2.13. The van der Waals surface area contributed by atoms with Crippen LogP contribution in [0.2, 0.25) is 0 Å². The van der Waals surface area contributed by atoms with E-state index < -0.39 is 10.1 Å². The molecule has 0 radical (unpaired) electrons. The minimum absolute atomic E-state index is 0.0197. The predicted octanol–water partition coefficient (Wildman–Crippen LogP) is 0.384. The van der Waals surface area contributed by atoms with Crippen LogP contribution in [0.5, 0.6) is 0 Å². The molecule has 0 aliphatic rings. The number of rotatable bonds is 10. The van der Waals surface area contributed by atoms with E-state index in [0.29, 0.717) is 26.4 Å². The van der Waals surface area contributed by atoms with Gasteiger partial charge in [0.15, 0.2) is 0 Å². The van der Waals surface area contributed by atoms with Gasteiger partial charge in [0.25, 0.3) is 10.1 Å².